The molecule has 1 aliphatic rings. The number of fused-ring (bicyclic) bond motifs is 3. The topological polar surface area (TPSA) is 157 Å². The molecule has 12 nitrogen and oxygen atoms in total. The normalized spacial score (nSPS) is 16.8. The molecule has 4 rings (SSSR count). The molecule has 274 valence electrons. The molecule has 0 radical (unpaired) electrons. The highest BCUT2D eigenvalue weighted by atomic mass is 35.5. The zero-order chi connectivity index (χ0) is 36.1. The number of carboxylic acid groups (broad SMARTS) is 1. The molecule has 1 aromatic heterocycles. The fourth-order valence-electron chi connectivity index (χ4n) is 5.91. The van der Waals surface area contributed by atoms with Gasteiger partial charge < -0.3 is 44.4 Å². The van der Waals surface area contributed by atoms with Crippen molar-refractivity contribution in [1.29, 1.82) is 0 Å². The Labute approximate surface area is 302 Å². The lowest BCUT2D eigenvalue weighted by molar-refractivity contribution is -0.149. The number of rotatable bonds is 21. The largest absolute Gasteiger partial charge is 0.491 e. The number of methoxy groups -OCH3 is 1. The molecule has 1 aliphatic carbocycles. The van der Waals surface area contributed by atoms with Crippen molar-refractivity contribution in [2.75, 3.05) is 60.0 Å². The number of ether oxygens (including phenoxy) is 5. The van der Waals surface area contributed by atoms with Gasteiger partial charge in [0.1, 0.15) is 23.9 Å². The molecule has 2 aromatic carbocycles. The third-order valence-electron chi connectivity index (χ3n) is 8.87. The average Bonchev–Trinajstić information content (AvgIpc) is 3.45. The van der Waals surface area contributed by atoms with Crippen LogP contribution < -0.4 is 15.4 Å². The minimum atomic E-state index is -1.59. The van der Waals surface area contributed by atoms with Gasteiger partial charge in [-0.15, -0.1) is 0 Å². The van der Waals surface area contributed by atoms with Gasteiger partial charge in [-0.05, 0) is 42.5 Å². The second kappa shape index (κ2) is 19.3. The molecular weight excluding hydrogens is 689 g/mol. The van der Waals surface area contributed by atoms with Gasteiger partial charge in [0, 0.05) is 35.2 Å². The summed E-state index contributed by atoms with van der Waals surface area (Å²) in [5.74, 6) is -1.84. The second-order valence-corrected chi connectivity index (χ2v) is 13.2. The Balaban J connectivity index is 1.32. The lowest BCUT2D eigenvalue weighted by Crippen LogP contribution is -2.62. The number of hydrogen-bond donors (Lipinski definition) is 4. The minimum Gasteiger partial charge on any atom is -0.491 e. The van der Waals surface area contributed by atoms with Crippen molar-refractivity contribution in [3.8, 4) is 5.75 Å². The number of carbonyl (C=O) groups excluding carboxylic acids is 2. The molecule has 3 unspecified atom stereocenters. The third-order valence-corrected chi connectivity index (χ3v) is 9.39. The van der Waals surface area contributed by atoms with E-state index in [1.54, 1.807) is 37.4 Å². The first-order chi connectivity index (χ1) is 24.1. The lowest BCUT2D eigenvalue weighted by Gasteiger charge is -2.36. The highest BCUT2D eigenvalue weighted by Gasteiger charge is 2.45. The Kier molecular flexibility index (Phi) is 15.2. The maximum Gasteiger partial charge on any atom is 0.329 e. The van der Waals surface area contributed by atoms with Crippen LogP contribution in [0, 0.1) is 5.92 Å². The summed E-state index contributed by atoms with van der Waals surface area (Å²) in [7, 11) is 1.62. The number of benzene rings is 2. The highest BCUT2D eigenvalue weighted by molar-refractivity contribution is 6.38. The Bertz CT molecular complexity index is 1600. The molecule has 1 heterocycles. The molecule has 0 aliphatic heterocycles. The zero-order valence-corrected chi connectivity index (χ0v) is 30.3. The summed E-state index contributed by atoms with van der Waals surface area (Å²) in [6.45, 7) is 7.21. The van der Waals surface area contributed by atoms with Crippen molar-refractivity contribution in [3.63, 3.8) is 0 Å². The van der Waals surface area contributed by atoms with Gasteiger partial charge in [0.25, 0.3) is 0 Å². The van der Waals surface area contributed by atoms with Crippen molar-refractivity contribution in [1.82, 2.24) is 15.6 Å². The Hall–Kier alpha value is -3.39. The van der Waals surface area contributed by atoms with Crippen LogP contribution in [0.5, 0.6) is 5.75 Å². The standard InChI is InChI=1S/C36H47Cl2N3O9/c1-4-23(2)32(34(43)41-36(35(44)45)10-9-29-27(22-36)26-20-25(37)21-28(38)33(26)39-29)40-31(42)19-24-7-5-6-8-30(24)50-18-17-49-16-15-48-14-13-47-12-11-46-3/h5-8,20-21,23,32,39H,4,9-19,22H2,1-3H3,(H,40,42)(H,41,43)(H,44,45). The Morgan fingerprint density at radius 1 is 0.980 bits per heavy atom. The van der Waals surface area contributed by atoms with Crippen molar-refractivity contribution in [2.45, 2.75) is 57.5 Å². The predicted molar refractivity (Wildman–Crippen MR) is 190 cm³/mol. The van der Waals surface area contributed by atoms with Gasteiger partial charge in [0.05, 0.1) is 63.2 Å². The first-order valence-electron chi connectivity index (χ1n) is 16.8. The van der Waals surface area contributed by atoms with Gasteiger partial charge in [-0.2, -0.15) is 0 Å². The maximum atomic E-state index is 13.8. The van der Waals surface area contributed by atoms with Gasteiger partial charge in [-0.3, -0.25) is 9.59 Å². The van der Waals surface area contributed by atoms with E-state index in [0.717, 1.165) is 16.6 Å². The van der Waals surface area contributed by atoms with E-state index >= 15 is 0 Å². The fourth-order valence-corrected chi connectivity index (χ4v) is 6.45. The van der Waals surface area contributed by atoms with Gasteiger partial charge in [0.15, 0.2) is 0 Å². The van der Waals surface area contributed by atoms with E-state index in [2.05, 4.69) is 15.6 Å². The number of amides is 2. The Morgan fingerprint density at radius 3 is 2.30 bits per heavy atom. The van der Waals surface area contributed by atoms with Gasteiger partial charge in [0.2, 0.25) is 11.8 Å². The molecule has 14 heteroatoms. The quantitative estimate of drug-likeness (QED) is 0.113. The monoisotopic (exact) mass is 735 g/mol. The van der Waals surface area contributed by atoms with Gasteiger partial charge >= 0.3 is 5.97 Å². The van der Waals surface area contributed by atoms with Crippen LogP contribution in [-0.2, 0) is 52.6 Å². The molecule has 50 heavy (non-hydrogen) atoms. The molecule has 0 saturated heterocycles. The third kappa shape index (κ3) is 10.6. The van der Waals surface area contributed by atoms with Crippen LogP contribution in [0.15, 0.2) is 36.4 Å². The van der Waals surface area contributed by atoms with Crippen LogP contribution in [0.2, 0.25) is 10.0 Å². The van der Waals surface area contributed by atoms with Crippen LogP contribution >= 0.6 is 23.2 Å². The number of para-hydroxylation sites is 1. The summed E-state index contributed by atoms with van der Waals surface area (Å²) in [4.78, 5) is 43.3. The number of aromatic nitrogens is 1. The van der Waals surface area contributed by atoms with Crippen LogP contribution in [0.3, 0.4) is 0 Å². The summed E-state index contributed by atoms with van der Waals surface area (Å²) in [6, 6.07) is 9.59. The van der Waals surface area contributed by atoms with Crippen molar-refractivity contribution in [3.05, 3.63) is 63.3 Å². The van der Waals surface area contributed by atoms with Gasteiger partial charge in [-0.25, -0.2) is 4.79 Å². The molecular formula is C36H47Cl2N3O9. The predicted octanol–water partition coefficient (Wildman–Crippen LogP) is 4.75. The summed E-state index contributed by atoms with van der Waals surface area (Å²) in [5, 5.41) is 17.7. The van der Waals surface area contributed by atoms with Crippen LogP contribution in [0.1, 0.15) is 43.5 Å². The SMILES string of the molecule is CCC(C)C(NC(=O)Cc1ccccc1OCCOCCOCCOCCOC)C(=O)NC1(C(=O)O)CCc2[nH]c3c(Cl)cc(Cl)cc3c2C1. The molecule has 0 saturated carbocycles. The van der Waals surface area contributed by atoms with E-state index < -0.39 is 29.4 Å². The number of aliphatic carboxylic acids is 1. The smallest absolute Gasteiger partial charge is 0.329 e. The van der Waals surface area contributed by atoms with E-state index in [1.807, 2.05) is 19.9 Å². The summed E-state index contributed by atoms with van der Waals surface area (Å²) in [5.41, 5.74) is 1.34. The average molecular weight is 737 g/mol. The zero-order valence-electron chi connectivity index (χ0n) is 28.8. The number of carboxylic acids is 1. The number of carbonyl (C=O) groups is 3. The molecule has 3 atom stereocenters. The van der Waals surface area contributed by atoms with E-state index in [9.17, 15) is 19.5 Å². The van der Waals surface area contributed by atoms with Gasteiger partial charge in [-0.1, -0.05) is 61.7 Å². The first-order valence-corrected chi connectivity index (χ1v) is 17.6. The molecule has 0 spiro atoms. The fraction of sp³-hybridized carbons (Fsp3) is 0.528. The van der Waals surface area contributed by atoms with Crippen molar-refractivity contribution >= 4 is 51.9 Å². The molecule has 0 bridgehead atoms. The van der Waals surface area contributed by atoms with Crippen LogP contribution in [0.25, 0.3) is 10.9 Å². The van der Waals surface area contributed by atoms with Crippen molar-refractivity contribution < 1.29 is 43.2 Å². The molecule has 2 amide bonds. The van der Waals surface area contributed by atoms with Crippen LogP contribution in [-0.4, -0.2) is 99.4 Å². The highest BCUT2D eigenvalue weighted by Crippen LogP contribution is 2.38. The molecule has 4 N–H and O–H groups in total. The summed E-state index contributed by atoms with van der Waals surface area (Å²) < 4.78 is 27.2. The second-order valence-electron chi connectivity index (χ2n) is 12.3. The minimum absolute atomic E-state index is 0.0347. The summed E-state index contributed by atoms with van der Waals surface area (Å²) in [6.07, 6.45) is 1.11. The van der Waals surface area contributed by atoms with Crippen LogP contribution in [0.4, 0.5) is 0 Å². The first kappa shape index (κ1) is 39.4. The van der Waals surface area contributed by atoms with E-state index in [1.165, 1.54) is 0 Å². The maximum absolute atomic E-state index is 13.8. The van der Waals surface area contributed by atoms with E-state index in [4.69, 9.17) is 46.9 Å². The molecule has 3 aromatic rings. The number of aryl methyl sites for hydroxylation is 1. The van der Waals surface area contributed by atoms with E-state index in [-0.39, 0.29) is 31.8 Å². The lowest BCUT2D eigenvalue weighted by atomic mass is 9.79. The molecule has 0 fully saturated rings. The Morgan fingerprint density at radius 2 is 1.64 bits per heavy atom. The number of H-pyrrole nitrogens is 1. The number of nitrogens with one attached hydrogen (secondary N) is 3. The number of aromatic amines is 1. The summed E-state index contributed by atoms with van der Waals surface area (Å²) >= 11 is 12.7. The number of hydrogen-bond acceptors (Lipinski definition) is 8. The van der Waals surface area contributed by atoms with Crippen molar-refractivity contribution in [2.24, 2.45) is 5.92 Å². The number of halogens is 2. The van der Waals surface area contributed by atoms with E-state index in [0.29, 0.717) is 86.0 Å².